The van der Waals surface area contributed by atoms with Crippen LogP contribution in [0.4, 0.5) is 18.9 Å². The molecule has 3 aromatic rings. The molecular weight excluding hydrogens is 409 g/mol. The number of aromatic nitrogens is 2. The van der Waals surface area contributed by atoms with Gasteiger partial charge in [-0.3, -0.25) is 0 Å². The smallest absolute Gasteiger partial charge is 0.233 e. The molecule has 0 atom stereocenters. The quantitative estimate of drug-likeness (QED) is 0.455. The largest absolute Gasteiger partial charge is 0.435 e. The van der Waals surface area contributed by atoms with Crippen LogP contribution < -0.4 is 5.01 Å². The highest BCUT2D eigenvalue weighted by atomic mass is 32.2. The Balaban J connectivity index is 2.12. The summed E-state index contributed by atoms with van der Waals surface area (Å²) in [5.41, 5.74) is 0.207. The van der Waals surface area contributed by atoms with Gasteiger partial charge in [-0.05, 0) is 42.5 Å². The topological polar surface area (TPSA) is 84.6 Å². The minimum atomic E-state index is -4.66. The number of hydrogen-bond acceptors (Lipinski definition) is 5. The second kappa shape index (κ2) is 7.32. The molecule has 0 saturated carbocycles. The Morgan fingerprint density at radius 1 is 1.03 bits per heavy atom. The standard InChI is InChI=1S/C18H15F3N4O3S/c1-24(23-26)13-5-3-12(4-6-13)16-11-17(18(19,20)21)22-25(16)14-7-9-15(10-8-14)29(2,27)28/h3-11H,1-2H3. The summed E-state index contributed by atoms with van der Waals surface area (Å²) >= 11 is 0. The lowest BCUT2D eigenvalue weighted by Gasteiger charge is -2.11. The maximum atomic E-state index is 13.2. The number of hydrogen-bond donors (Lipinski definition) is 0. The number of halogens is 3. The molecule has 0 unspecified atom stereocenters. The molecule has 0 N–H and O–H groups in total. The fraction of sp³-hybridized carbons (Fsp3) is 0.167. The van der Waals surface area contributed by atoms with Crippen LogP contribution in [0.3, 0.4) is 0 Å². The summed E-state index contributed by atoms with van der Waals surface area (Å²) in [6, 6.07) is 12.4. The maximum absolute atomic E-state index is 13.2. The molecule has 11 heteroatoms. The number of nitroso groups, excluding NO2 is 1. The monoisotopic (exact) mass is 424 g/mol. The van der Waals surface area contributed by atoms with E-state index in [2.05, 4.69) is 10.4 Å². The zero-order valence-electron chi connectivity index (χ0n) is 15.3. The third-order valence-electron chi connectivity index (χ3n) is 4.17. The zero-order valence-corrected chi connectivity index (χ0v) is 16.1. The van der Waals surface area contributed by atoms with Crippen LogP contribution in [-0.2, 0) is 16.0 Å². The number of nitrogens with zero attached hydrogens (tertiary/aromatic N) is 4. The normalized spacial score (nSPS) is 12.0. The molecular formula is C18H15F3N4O3S. The van der Waals surface area contributed by atoms with Gasteiger partial charge in [-0.25, -0.2) is 18.1 Å². The van der Waals surface area contributed by atoms with E-state index in [1.807, 2.05) is 0 Å². The average Bonchev–Trinajstić information content (AvgIpc) is 3.13. The first-order valence-corrected chi connectivity index (χ1v) is 10.0. The second-order valence-electron chi connectivity index (χ2n) is 6.24. The molecule has 7 nitrogen and oxygen atoms in total. The third kappa shape index (κ3) is 4.29. The van der Waals surface area contributed by atoms with E-state index in [0.29, 0.717) is 11.3 Å². The van der Waals surface area contributed by atoms with Crippen LogP contribution >= 0.6 is 0 Å². The lowest BCUT2D eigenvalue weighted by Crippen LogP contribution is -2.07. The van der Waals surface area contributed by atoms with E-state index in [1.54, 1.807) is 0 Å². The summed E-state index contributed by atoms with van der Waals surface area (Å²) in [4.78, 5) is 10.6. The van der Waals surface area contributed by atoms with Crippen LogP contribution in [0, 0.1) is 4.91 Å². The molecule has 29 heavy (non-hydrogen) atoms. The number of anilines is 1. The Bertz CT molecular complexity index is 1140. The molecule has 0 aliphatic heterocycles. The molecule has 0 radical (unpaired) electrons. The first-order valence-electron chi connectivity index (χ1n) is 8.16. The van der Waals surface area contributed by atoms with Crippen LogP contribution in [0.25, 0.3) is 16.9 Å². The van der Waals surface area contributed by atoms with Gasteiger partial charge in [0.1, 0.15) is 0 Å². The molecule has 1 heterocycles. The zero-order chi connectivity index (χ0) is 21.4. The van der Waals surface area contributed by atoms with Gasteiger partial charge in [0.25, 0.3) is 0 Å². The van der Waals surface area contributed by atoms with E-state index >= 15 is 0 Å². The lowest BCUT2D eigenvalue weighted by atomic mass is 10.1. The second-order valence-corrected chi connectivity index (χ2v) is 8.26. The van der Waals surface area contributed by atoms with Gasteiger partial charge in [-0.15, -0.1) is 4.91 Å². The fourth-order valence-electron chi connectivity index (χ4n) is 2.65. The lowest BCUT2D eigenvalue weighted by molar-refractivity contribution is -0.141. The van der Waals surface area contributed by atoms with Crippen LogP contribution in [-0.4, -0.2) is 31.5 Å². The van der Waals surface area contributed by atoms with Gasteiger partial charge in [0.2, 0.25) is 0 Å². The van der Waals surface area contributed by atoms with Crippen LogP contribution in [0.2, 0.25) is 0 Å². The first-order chi connectivity index (χ1) is 13.5. The summed E-state index contributed by atoms with van der Waals surface area (Å²) in [6.07, 6.45) is -3.62. The number of alkyl halides is 3. The van der Waals surface area contributed by atoms with Crippen molar-refractivity contribution in [1.82, 2.24) is 9.78 Å². The van der Waals surface area contributed by atoms with Gasteiger partial charge in [-0.1, -0.05) is 12.1 Å². The van der Waals surface area contributed by atoms with Crippen molar-refractivity contribution in [2.45, 2.75) is 11.1 Å². The summed E-state index contributed by atoms with van der Waals surface area (Å²) in [5, 5.41) is 7.49. The predicted octanol–water partition coefficient (Wildman–Crippen LogP) is 4.08. The van der Waals surface area contributed by atoms with Gasteiger partial charge in [0.15, 0.2) is 15.5 Å². The highest BCUT2D eigenvalue weighted by Crippen LogP contribution is 2.34. The molecule has 0 bridgehead atoms. The van der Waals surface area contributed by atoms with Crippen LogP contribution in [0.15, 0.2) is 64.8 Å². The van der Waals surface area contributed by atoms with Crippen molar-refractivity contribution >= 4 is 15.5 Å². The van der Waals surface area contributed by atoms with Crippen molar-refractivity contribution in [3.8, 4) is 16.9 Å². The molecule has 1 aromatic heterocycles. The van der Waals surface area contributed by atoms with Crippen molar-refractivity contribution in [2.24, 2.45) is 5.29 Å². The predicted molar refractivity (Wildman–Crippen MR) is 101 cm³/mol. The Labute approximate surface area is 164 Å². The van der Waals surface area contributed by atoms with E-state index in [1.165, 1.54) is 55.6 Å². The molecule has 3 rings (SSSR count). The Morgan fingerprint density at radius 2 is 1.62 bits per heavy atom. The van der Waals surface area contributed by atoms with E-state index < -0.39 is 21.7 Å². The summed E-state index contributed by atoms with van der Waals surface area (Å²) < 4.78 is 64.0. The molecule has 152 valence electrons. The van der Waals surface area contributed by atoms with Gasteiger partial charge < -0.3 is 0 Å². The SMILES string of the molecule is CN(N=O)c1ccc(-c2cc(C(F)(F)F)nn2-c2ccc(S(C)(=O)=O)cc2)cc1. The Hall–Kier alpha value is -3.21. The minimum absolute atomic E-state index is 0.0414. The third-order valence-corrected chi connectivity index (χ3v) is 5.30. The van der Waals surface area contributed by atoms with E-state index in [-0.39, 0.29) is 16.3 Å². The fourth-order valence-corrected chi connectivity index (χ4v) is 3.28. The highest BCUT2D eigenvalue weighted by molar-refractivity contribution is 7.90. The van der Waals surface area contributed by atoms with Crippen molar-refractivity contribution in [1.29, 1.82) is 0 Å². The summed E-state index contributed by atoms with van der Waals surface area (Å²) in [6.45, 7) is 0. The van der Waals surface area contributed by atoms with Crippen molar-refractivity contribution < 1.29 is 21.6 Å². The van der Waals surface area contributed by atoms with Crippen LogP contribution in [0.5, 0.6) is 0 Å². The highest BCUT2D eigenvalue weighted by Gasteiger charge is 2.35. The van der Waals surface area contributed by atoms with Gasteiger partial charge in [0, 0.05) is 18.9 Å². The molecule has 2 aromatic carbocycles. The molecule has 0 fully saturated rings. The molecule has 0 aliphatic rings. The first kappa shape index (κ1) is 20.5. The molecule has 0 amide bonds. The minimum Gasteiger partial charge on any atom is -0.233 e. The Kier molecular flexibility index (Phi) is 5.18. The number of rotatable bonds is 5. The van der Waals surface area contributed by atoms with Crippen molar-refractivity contribution in [3.63, 3.8) is 0 Å². The van der Waals surface area contributed by atoms with Gasteiger partial charge in [-0.2, -0.15) is 18.3 Å². The number of benzene rings is 2. The molecule has 0 aliphatic carbocycles. The molecule has 0 spiro atoms. The van der Waals surface area contributed by atoms with E-state index in [4.69, 9.17) is 0 Å². The van der Waals surface area contributed by atoms with Gasteiger partial charge >= 0.3 is 6.18 Å². The maximum Gasteiger partial charge on any atom is 0.435 e. The van der Waals surface area contributed by atoms with Crippen molar-refractivity contribution in [3.05, 3.63) is 65.2 Å². The Morgan fingerprint density at radius 3 is 2.10 bits per heavy atom. The summed E-state index contributed by atoms with van der Waals surface area (Å²) in [5.74, 6) is 0. The average molecular weight is 424 g/mol. The summed E-state index contributed by atoms with van der Waals surface area (Å²) in [7, 11) is -2.00. The van der Waals surface area contributed by atoms with E-state index in [0.717, 1.165) is 22.0 Å². The van der Waals surface area contributed by atoms with Gasteiger partial charge in [0.05, 0.1) is 27.3 Å². The van der Waals surface area contributed by atoms with E-state index in [9.17, 15) is 26.5 Å². The van der Waals surface area contributed by atoms with Crippen molar-refractivity contribution in [2.75, 3.05) is 18.3 Å². The number of sulfone groups is 1. The van der Waals surface area contributed by atoms with Crippen LogP contribution in [0.1, 0.15) is 5.69 Å². The molecule has 0 saturated heterocycles.